The summed E-state index contributed by atoms with van der Waals surface area (Å²) >= 11 is 0. The fourth-order valence-electron chi connectivity index (χ4n) is 2.76. The first kappa shape index (κ1) is 18.4. The summed E-state index contributed by atoms with van der Waals surface area (Å²) in [5.41, 5.74) is 4.10. The first-order valence-corrected chi connectivity index (χ1v) is 8.64. The van der Waals surface area contributed by atoms with Gasteiger partial charge in [-0.2, -0.15) is 0 Å². The van der Waals surface area contributed by atoms with Crippen molar-refractivity contribution in [3.05, 3.63) is 77.2 Å². The topological polar surface area (TPSA) is 76.1 Å². The zero-order valence-corrected chi connectivity index (χ0v) is 15.6. The third kappa shape index (κ3) is 4.41. The Morgan fingerprint density at radius 2 is 1.74 bits per heavy atom. The van der Waals surface area contributed by atoms with Crippen molar-refractivity contribution in [3.8, 4) is 5.75 Å². The molecule has 0 aliphatic carbocycles. The predicted octanol–water partition coefficient (Wildman–Crippen LogP) is 3.97. The summed E-state index contributed by atoms with van der Waals surface area (Å²) in [4.78, 5) is 20.9. The van der Waals surface area contributed by atoms with E-state index in [4.69, 9.17) is 4.74 Å². The Morgan fingerprint density at radius 1 is 1.00 bits per heavy atom. The lowest BCUT2D eigenvalue weighted by Gasteiger charge is -2.12. The van der Waals surface area contributed by atoms with E-state index in [0.29, 0.717) is 12.4 Å². The van der Waals surface area contributed by atoms with Gasteiger partial charge in [0.15, 0.2) is 0 Å². The second-order valence-electron chi connectivity index (χ2n) is 6.17. The standard InChI is InChI=1S/C21H22N4O2/c1-14-7-6-8-15(2)20(14)25-21(26)17-12-24-19(13-22-17)23-11-16-9-4-5-10-18(16)27-3/h4-10,12-13H,11H2,1-3H3,(H,23,24)(H,25,26). The van der Waals surface area contributed by atoms with Gasteiger partial charge in [-0.25, -0.2) is 9.97 Å². The van der Waals surface area contributed by atoms with Crippen LogP contribution in [0.2, 0.25) is 0 Å². The molecule has 3 aromatic rings. The Morgan fingerprint density at radius 3 is 2.41 bits per heavy atom. The maximum absolute atomic E-state index is 12.4. The van der Waals surface area contributed by atoms with Crippen LogP contribution in [0.3, 0.4) is 0 Å². The Bertz CT molecular complexity index is 919. The van der Waals surface area contributed by atoms with Crippen LogP contribution in [0, 0.1) is 13.8 Å². The Kier molecular flexibility index (Phi) is 5.66. The fourth-order valence-corrected chi connectivity index (χ4v) is 2.76. The number of rotatable bonds is 6. The molecule has 2 aromatic carbocycles. The summed E-state index contributed by atoms with van der Waals surface area (Å²) < 4.78 is 5.33. The molecule has 6 nitrogen and oxygen atoms in total. The van der Waals surface area contributed by atoms with Crippen LogP contribution in [0.15, 0.2) is 54.9 Å². The Balaban J connectivity index is 1.65. The molecule has 0 spiro atoms. The molecule has 3 rings (SSSR count). The minimum Gasteiger partial charge on any atom is -0.496 e. The van der Waals surface area contributed by atoms with E-state index in [1.54, 1.807) is 13.3 Å². The van der Waals surface area contributed by atoms with Gasteiger partial charge in [0.05, 0.1) is 19.5 Å². The van der Waals surface area contributed by atoms with Gasteiger partial charge in [-0.3, -0.25) is 4.79 Å². The highest BCUT2D eigenvalue weighted by molar-refractivity contribution is 6.03. The van der Waals surface area contributed by atoms with Gasteiger partial charge in [0.1, 0.15) is 17.3 Å². The highest BCUT2D eigenvalue weighted by atomic mass is 16.5. The minimum atomic E-state index is -0.281. The van der Waals surface area contributed by atoms with Crippen molar-refractivity contribution in [2.45, 2.75) is 20.4 Å². The third-order valence-corrected chi connectivity index (χ3v) is 4.26. The van der Waals surface area contributed by atoms with Crippen molar-refractivity contribution in [1.82, 2.24) is 9.97 Å². The normalized spacial score (nSPS) is 10.3. The number of carbonyl (C=O) groups is 1. The van der Waals surface area contributed by atoms with Crippen molar-refractivity contribution < 1.29 is 9.53 Å². The van der Waals surface area contributed by atoms with Gasteiger partial charge in [0, 0.05) is 17.8 Å². The van der Waals surface area contributed by atoms with E-state index in [2.05, 4.69) is 20.6 Å². The van der Waals surface area contributed by atoms with E-state index < -0.39 is 0 Å². The molecule has 0 fully saturated rings. The first-order valence-electron chi connectivity index (χ1n) is 8.64. The number of anilines is 2. The van der Waals surface area contributed by atoms with Crippen LogP contribution in [-0.2, 0) is 6.54 Å². The molecule has 6 heteroatoms. The van der Waals surface area contributed by atoms with E-state index in [1.165, 1.54) is 6.20 Å². The molecule has 0 saturated carbocycles. The molecule has 1 aromatic heterocycles. The molecule has 27 heavy (non-hydrogen) atoms. The van der Waals surface area contributed by atoms with Gasteiger partial charge in [0.25, 0.3) is 5.91 Å². The number of para-hydroxylation sites is 2. The number of aromatic nitrogens is 2. The SMILES string of the molecule is COc1ccccc1CNc1cnc(C(=O)Nc2c(C)cccc2C)cn1. The minimum absolute atomic E-state index is 0.264. The quantitative estimate of drug-likeness (QED) is 0.694. The molecular formula is C21H22N4O2. The number of aryl methyl sites for hydroxylation is 2. The number of hydrogen-bond acceptors (Lipinski definition) is 5. The first-order chi connectivity index (χ1) is 13.1. The molecule has 0 unspecified atom stereocenters. The predicted molar refractivity (Wildman–Crippen MR) is 106 cm³/mol. The van der Waals surface area contributed by atoms with E-state index in [1.807, 2.05) is 56.3 Å². The largest absolute Gasteiger partial charge is 0.496 e. The summed E-state index contributed by atoms with van der Waals surface area (Å²) in [7, 11) is 1.64. The van der Waals surface area contributed by atoms with Gasteiger partial charge in [0.2, 0.25) is 0 Å². The molecule has 1 heterocycles. The van der Waals surface area contributed by atoms with Gasteiger partial charge < -0.3 is 15.4 Å². The molecule has 138 valence electrons. The van der Waals surface area contributed by atoms with Crippen molar-refractivity contribution >= 4 is 17.4 Å². The smallest absolute Gasteiger partial charge is 0.275 e. The zero-order valence-electron chi connectivity index (χ0n) is 15.6. The van der Waals surface area contributed by atoms with Gasteiger partial charge in [-0.15, -0.1) is 0 Å². The van der Waals surface area contributed by atoms with Crippen molar-refractivity contribution in [3.63, 3.8) is 0 Å². The number of amides is 1. The molecule has 0 radical (unpaired) electrons. The van der Waals surface area contributed by atoms with Crippen LogP contribution >= 0.6 is 0 Å². The molecule has 0 atom stereocenters. The average molecular weight is 362 g/mol. The van der Waals surface area contributed by atoms with E-state index in [9.17, 15) is 4.79 Å². The second-order valence-corrected chi connectivity index (χ2v) is 6.17. The maximum Gasteiger partial charge on any atom is 0.275 e. The molecule has 0 aliphatic heterocycles. The molecule has 0 aliphatic rings. The second kappa shape index (κ2) is 8.31. The van der Waals surface area contributed by atoms with Crippen LogP contribution in [-0.4, -0.2) is 23.0 Å². The molecule has 0 saturated heterocycles. The average Bonchev–Trinajstić information content (AvgIpc) is 2.69. The number of carbonyl (C=O) groups excluding carboxylic acids is 1. The van der Waals surface area contributed by atoms with Crippen molar-refractivity contribution in [1.29, 1.82) is 0 Å². The fraction of sp³-hybridized carbons (Fsp3) is 0.190. The Hall–Kier alpha value is -3.41. The zero-order chi connectivity index (χ0) is 19.2. The molecule has 2 N–H and O–H groups in total. The summed E-state index contributed by atoms with van der Waals surface area (Å²) in [5, 5.41) is 6.09. The summed E-state index contributed by atoms with van der Waals surface area (Å²) in [5.74, 6) is 1.11. The lowest BCUT2D eigenvalue weighted by atomic mass is 10.1. The lowest BCUT2D eigenvalue weighted by molar-refractivity contribution is 0.102. The number of nitrogens with one attached hydrogen (secondary N) is 2. The number of nitrogens with zero attached hydrogens (tertiary/aromatic N) is 2. The van der Waals surface area contributed by atoms with Crippen molar-refractivity contribution in [2.75, 3.05) is 17.7 Å². The van der Waals surface area contributed by atoms with Crippen LogP contribution < -0.4 is 15.4 Å². The van der Waals surface area contributed by atoms with Crippen molar-refractivity contribution in [2.24, 2.45) is 0 Å². The van der Waals surface area contributed by atoms with E-state index in [-0.39, 0.29) is 11.6 Å². The number of ether oxygens (including phenoxy) is 1. The summed E-state index contributed by atoms with van der Waals surface area (Å²) in [6.45, 7) is 4.46. The van der Waals surface area contributed by atoms with Crippen LogP contribution in [0.4, 0.5) is 11.5 Å². The monoisotopic (exact) mass is 362 g/mol. The molecule has 1 amide bonds. The maximum atomic E-state index is 12.4. The van der Waals surface area contributed by atoms with E-state index in [0.717, 1.165) is 28.1 Å². The van der Waals surface area contributed by atoms with E-state index >= 15 is 0 Å². The molecule has 0 bridgehead atoms. The summed E-state index contributed by atoms with van der Waals surface area (Å²) in [6, 6.07) is 13.6. The number of hydrogen-bond donors (Lipinski definition) is 2. The molecular weight excluding hydrogens is 340 g/mol. The highest BCUT2D eigenvalue weighted by Gasteiger charge is 2.11. The Labute approximate surface area is 158 Å². The van der Waals surface area contributed by atoms with Gasteiger partial charge >= 0.3 is 0 Å². The van der Waals surface area contributed by atoms with Crippen LogP contribution in [0.5, 0.6) is 5.75 Å². The highest BCUT2D eigenvalue weighted by Crippen LogP contribution is 2.20. The third-order valence-electron chi connectivity index (χ3n) is 4.26. The number of benzene rings is 2. The van der Waals surface area contributed by atoms with Gasteiger partial charge in [-0.05, 0) is 31.0 Å². The van der Waals surface area contributed by atoms with Crippen LogP contribution in [0.25, 0.3) is 0 Å². The number of methoxy groups -OCH3 is 1. The lowest BCUT2D eigenvalue weighted by Crippen LogP contribution is -2.16. The summed E-state index contributed by atoms with van der Waals surface area (Å²) in [6.07, 6.45) is 3.02. The van der Waals surface area contributed by atoms with Crippen LogP contribution in [0.1, 0.15) is 27.2 Å². The van der Waals surface area contributed by atoms with Gasteiger partial charge in [-0.1, -0.05) is 36.4 Å².